The monoisotopic (exact) mass is 251 g/mol. The van der Waals surface area contributed by atoms with E-state index >= 15 is 0 Å². The summed E-state index contributed by atoms with van der Waals surface area (Å²) in [7, 11) is 0. The van der Waals surface area contributed by atoms with Crippen molar-refractivity contribution in [1.29, 1.82) is 0 Å². The standard InChI is InChI=1S/C11H10BrNO/c1-9(14)13-8-2-3-10-4-6-11(12)7-5-10/h4-7H,8H2,1H3,(H,13,14). The number of hydrogen-bond donors (Lipinski definition) is 1. The van der Waals surface area contributed by atoms with Gasteiger partial charge in [-0.15, -0.1) is 0 Å². The summed E-state index contributed by atoms with van der Waals surface area (Å²) < 4.78 is 1.03. The van der Waals surface area contributed by atoms with Crippen molar-refractivity contribution in [2.24, 2.45) is 0 Å². The second kappa shape index (κ2) is 5.46. The molecule has 14 heavy (non-hydrogen) atoms. The lowest BCUT2D eigenvalue weighted by atomic mass is 10.2. The first-order valence-electron chi connectivity index (χ1n) is 4.17. The molecule has 0 bridgehead atoms. The predicted octanol–water partition coefficient (Wildman–Crippen LogP) is 1.94. The van der Waals surface area contributed by atoms with Crippen LogP contribution in [0.4, 0.5) is 0 Å². The summed E-state index contributed by atoms with van der Waals surface area (Å²) in [5.74, 6) is 5.74. The minimum Gasteiger partial charge on any atom is -0.345 e. The van der Waals surface area contributed by atoms with E-state index in [9.17, 15) is 4.79 Å². The van der Waals surface area contributed by atoms with E-state index in [1.807, 2.05) is 24.3 Å². The molecule has 1 amide bonds. The summed E-state index contributed by atoms with van der Waals surface area (Å²) in [5, 5.41) is 2.61. The Morgan fingerprint density at radius 2 is 2.07 bits per heavy atom. The summed E-state index contributed by atoms with van der Waals surface area (Å²) in [6.45, 7) is 1.87. The Morgan fingerprint density at radius 1 is 1.43 bits per heavy atom. The lowest BCUT2D eigenvalue weighted by Crippen LogP contribution is -2.19. The Labute approximate surface area is 91.8 Å². The highest BCUT2D eigenvalue weighted by Gasteiger charge is 1.87. The van der Waals surface area contributed by atoms with Gasteiger partial charge in [0.1, 0.15) is 0 Å². The first-order chi connectivity index (χ1) is 6.68. The van der Waals surface area contributed by atoms with Crippen LogP contribution in [0.1, 0.15) is 12.5 Å². The molecule has 0 aliphatic carbocycles. The molecule has 0 unspecified atom stereocenters. The van der Waals surface area contributed by atoms with Crippen LogP contribution in [0.3, 0.4) is 0 Å². The first kappa shape index (κ1) is 10.8. The van der Waals surface area contributed by atoms with Gasteiger partial charge in [-0.2, -0.15) is 0 Å². The highest BCUT2D eigenvalue weighted by atomic mass is 79.9. The molecule has 2 nitrogen and oxygen atoms in total. The maximum atomic E-state index is 10.5. The SMILES string of the molecule is CC(=O)NCC#Cc1ccc(Br)cc1. The van der Waals surface area contributed by atoms with Crippen LogP contribution in [0.2, 0.25) is 0 Å². The van der Waals surface area contributed by atoms with Crippen molar-refractivity contribution in [1.82, 2.24) is 5.32 Å². The number of hydrogen-bond acceptors (Lipinski definition) is 1. The van der Waals surface area contributed by atoms with Gasteiger partial charge in [-0.3, -0.25) is 4.79 Å². The van der Waals surface area contributed by atoms with Crippen LogP contribution >= 0.6 is 15.9 Å². The normalized spacial score (nSPS) is 8.71. The van der Waals surface area contributed by atoms with E-state index < -0.39 is 0 Å². The van der Waals surface area contributed by atoms with Crippen LogP contribution in [-0.2, 0) is 4.79 Å². The van der Waals surface area contributed by atoms with E-state index in [1.54, 1.807) is 0 Å². The molecule has 0 aliphatic heterocycles. The van der Waals surface area contributed by atoms with Gasteiger partial charge in [0.2, 0.25) is 5.91 Å². The molecule has 72 valence electrons. The molecule has 1 aromatic carbocycles. The van der Waals surface area contributed by atoms with Crippen molar-refractivity contribution in [3.05, 3.63) is 34.3 Å². The molecule has 0 atom stereocenters. The molecule has 0 radical (unpaired) electrons. The second-order valence-corrected chi connectivity index (χ2v) is 3.63. The minimum absolute atomic E-state index is 0.0601. The van der Waals surface area contributed by atoms with E-state index in [0.29, 0.717) is 6.54 Å². The van der Waals surface area contributed by atoms with Crippen LogP contribution in [0.5, 0.6) is 0 Å². The van der Waals surface area contributed by atoms with Gasteiger partial charge in [-0.25, -0.2) is 0 Å². The van der Waals surface area contributed by atoms with Crippen molar-refractivity contribution >= 4 is 21.8 Å². The van der Waals surface area contributed by atoms with Crippen molar-refractivity contribution in [3.63, 3.8) is 0 Å². The van der Waals surface area contributed by atoms with Crippen LogP contribution in [0.15, 0.2) is 28.7 Å². The third-order valence-electron chi connectivity index (χ3n) is 1.50. The molecule has 0 saturated carbocycles. The van der Waals surface area contributed by atoms with Crippen molar-refractivity contribution in [2.45, 2.75) is 6.92 Å². The number of carbonyl (C=O) groups excluding carboxylic acids is 1. The minimum atomic E-state index is -0.0601. The van der Waals surface area contributed by atoms with Gasteiger partial charge in [-0.05, 0) is 24.3 Å². The molecule has 0 heterocycles. The maximum absolute atomic E-state index is 10.5. The van der Waals surface area contributed by atoms with Gasteiger partial charge in [0.05, 0.1) is 6.54 Å². The summed E-state index contributed by atoms with van der Waals surface area (Å²) in [4.78, 5) is 10.5. The summed E-state index contributed by atoms with van der Waals surface area (Å²) >= 11 is 3.34. The van der Waals surface area contributed by atoms with Gasteiger partial charge in [0.15, 0.2) is 0 Å². The highest BCUT2D eigenvalue weighted by Crippen LogP contribution is 2.09. The van der Waals surface area contributed by atoms with Gasteiger partial charge in [0.25, 0.3) is 0 Å². The van der Waals surface area contributed by atoms with Gasteiger partial charge < -0.3 is 5.32 Å². The number of amides is 1. The fraction of sp³-hybridized carbons (Fsp3) is 0.182. The molecule has 0 fully saturated rings. The predicted molar refractivity (Wildman–Crippen MR) is 59.7 cm³/mol. The zero-order chi connectivity index (χ0) is 10.4. The highest BCUT2D eigenvalue weighted by molar-refractivity contribution is 9.10. The van der Waals surface area contributed by atoms with E-state index in [4.69, 9.17) is 0 Å². The summed E-state index contributed by atoms with van der Waals surface area (Å²) in [5.41, 5.74) is 0.943. The lowest BCUT2D eigenvalue weighted by molar-refractivity contribution is -0.118. The number of benzene rings is 1. The average Bonchev–Trinajstić information content (AvgIpc) is 2.15. The fourth-order valence-corrected chi connectivity index (χ4v) is 1.11. The topological polar surface area (TPSA) is 29.1 Å². The van der Waals surface area contributed by atoms with E-state index in [2.05, 4.69) is 33.1 Å². The third kappa shape index (κ3) is 4.11. The lowest BCUT2D eigenvalue weighted by Gasteiger charge is -1.92. The largest absolute Gasteiger partial charge is 0.345 e. The molecule has 1 N–H and O–H groups in total. The van der Waals surface area contributed by atoms with Gasteiger partial charge in [0, 0.05) is 17.0 Å². The number of carbonyl (C=O) groups is 1. The van der Waals surface area contributed by atoms with Crippen molar-refractivity contribution in [2.75, 3.05) is 6.54 Å². The molecule has 0 spiro atoms. The number of nitrogens with one attached hydrogen (secondary N) is 1. The zero-order valence-corrected chi connectivity index (χ0v) is 9.39. The molecular weight excluding hydrogens is 242 g/mol. The molecule has 0 saturated heterocycles. The smallest absolute Gasteiger partial charge is 0.217 e. The van der Waals surface area contributed by atoms with Crippen LogP contribution in [0, 0.1) is 11.8 Å². The first-order valence-corrected chi connectivity index (χ1v) is 4.96. The maximum Gasteiger partial charge on any atom is 0.217 e. The third-order valence-corrected chi connectivity index (χ3v) is 2.03. The van der Waals surface area contributed by atoms with Crippen LogP contribution in [0.25, 0.3) is 0 Å². The number of halogens is 1. The average molecular weight is 252 g/mol. The molecule has 0 aromatic heterocycles. The fourth-order valence-electron chi connectivity index (χ4n) is 0.848. The van der Waals surface area contributed by atoms with E-state index in [0.717, 1.165) is 10.0 Å². The van der Waals surface area contributed by atoms with Crippen LogP contribution < -0.4 is 5.32 Å². The molecular formula is C11H10BrNO. The van der Waals surface area contributed by atoms with Crippen molar-refractivity contribution in [3.8, 4) is 11.8 Å². The van der Waals surface area contributed by atoms with E-state index in [-0.39, 0.29) is 5.91 Å². The summed E-state index contributed by atoms with van der Waals surface area (Å²) in [6, 6.07) is 7.71. The molecule has 1 rings (SSSR count). The molecule has 3 heteroatoms. The zero-order valence-electron chi connectivity index (χ0n) is 7.80. The van der Waals surface area contributed by atoms with Gasteiger partial charge >= 0.3 is 0 Å². The Morgan fingerprint density at radius 3 is 2.64 bits per heavy atom. The van der Waals surface area contributed by atoms with E-state index in [1.165, 1.54) is 6.92 Å². The Hall–Kier alpha value is -1.27. The second-order valence-electron chi connectivity index (χ2n) is 2.72. The van der Waals surface area contributed by atoms with Crippen molar-refractivity contribution < 1.29 is 4.79 Å². The summed E-state index contributed by atoms with van der Waals surface area (Å²) in [6.07, 6.45) is 0. The molecule has 0 aliphatic rings. The van der Waals surface area contributed by atoms with Gasteiger partial charge in [-0.1, -0.05) is 27.8 Å². The number of rotatable bonds is 1. The molecule has 1 aromatic rings. The Balaban J connectivity index is 2.51. The Bertz CT molecular complexity index is 373. The Kier molecular flexibility index (Phi) is 4.21. The quantitative estimate of drug-likeness (QED) is 0.760. The van der Waals surface area contributed by atoms with Crippen LogP contribution in [-0.4, -0.2) is 12.5 Å².